The first-order valence-corrected chi connectivity index (χ1v) is 8.74. The van der Waals surface area contributed by atoms with Gasteiger partial charge >= 0.3 is 6.18 Å². The van der Waals surface area contributed by atoms with E-state index in [4.69, 9.17) is 11.6 Å². The van der Waals surface area contributed by atoms with E-state index < -0.39 is 22.7 Å². The highest BCUT2D eigenvalue weighted by molar-refractivity contribution is 6.31. The average molecular weight is 400 g/mol. The maximum absolute atomic E-state index is 12.9. The molecule has 10 heteroatoms. The van der Waals surface area contributed by atoms with Crippen molar-refractivity contribution in [3.05, 3.63) is 40.4 Å². The minimum absolute atomic E-state index is 0.178. The fraction of sp³-hybridized carbons (Fsp3) is 0.353. The summed E-state index contributed by atoms with van der Waals surface area (Å²) >= 11 is 5.57. The van der Waals surface area contributed by atoms with Crippen LogP contribution in [0, 0.1) is 0 Å². The molecule has 3 rings (SSSR count). The van der Waals surface area contributed by atoms with Gasteiger partial charge in [-0.3, -0.25) is 10.1 Å². The second-order valence-electron chi connectivity index (χ2n) is 6.09. The average Bonchev–Trinajstić information content (AvgIpc) is 3.09. The summed E-state index contributed by atoms with van der Waals surface area (Å²) in [6, 6.07) is 3.42. The van der Waals surface area contributed by atoms with Crippen LogP contribution in [0.25, 0.3) is 6.08 Å². The Kier molecular flexibility index (Phi) is 5.69. The van der Waals surface area contributed by atoms with Gasteiger partial charge in [0, 0.05) is 19.2 Å². The molecule has 0 bridgehead atoms. The van der Waals surface area contributed by atoms with Crippen molar-refractivity contribution in [3.63, 3.8) is 0 Å². The third-order valence-electron chi connectivity index (χ3n) is 4.08. The van der Waals surface area contributed by atoms with Crippen LogP contribution in [0.15, 0.2) is 24.3 Å². The molecule has 27 heavy (non-hydrogen) atoms. The molecular formula is C17H17ClF3N5O. The van der Waals surface area contributed by atoms with Crippen LogP contribution in [-0.2, 0) is 11.0 Å². The fourth-order valence-corrected chi connectivity index (χ4v) is 2.96. The number of rotatable bonds is 4. The summed E-state index contributed by atoms with van der Waals surface area (Å²) in [5, 5.41) is 8.81. The van der Waals surface area contributed by atoms with Crippen LogP contribution in [-0.4, -0.2) is 34.2 Å². The van der Waals surface area contributed by atoms with Gasteiger partial charge in [-0.25, -0.2) is 5.10 Å². The SMILES string of the molecule is O=C(/C=C/c1ccc(Cl)c(C(F)(F)F)c1)Nc1nc(N2CCCCC2)n[nH]1. The molecule has 0 spiro atoms. The zero-order chi connectivity index (χ0) is 19.4. The number of carbonyl (C=O) groups excluding carboxylic acids is 1. The highest BCUT2D eigenvalue weighted by atomic mass is 35.5. The topological polar surface area (TPSA) is 73.9 Å². The molecule has 0 saturated carbocycles. The van der Waals surface area contributed by atoms with Crippen molar-refractivity contribution in [2.24, 2.45) is 0 Å². The Hall–Kier alpha value is -2.55. The molecule has 1 saturated heterocycles. The quantitative estimate of drug-likeness (QED) is 0.758. The van der Waals surface area contributed by atoms with Gasteiger partial charge in [0.1, 0.15) is 0 Å². The number of hydrogen-bond acceptors (Lipinski definition) is 4. The zero-order valence-electron chi connectivity index (χ0n) is 14.2. The molecule has 0 radical (unpaired) electrons. The molecule has 6 nitrogen and oxygen atoms in total. The van der Waals surface area contributed by atoms with Gasteiger partial charge in [-0.1, -0.05) is 17.7 Å². The van der Waals surface area contributed by atoms with Gasteiger partial charge in [-0.15, -0.1) is 5.10 Å². The van der Waals surface area contributed by atoms with E-state index in [2.05, 4.69) is 20.5 Å². The van der Waals surface area contributed by atoms with Crippen LogP contribution in [0.5, 0.6) is 0 Å². The van der Waals surface area contributed by atoms with Crippen molar-refractivity contribution in [2.45, 2.75) is 25.4 Å². The van der Waals surface area contributed by atoms with Crippen molar-refractivity contribution in [3.8, 4) is 0 Å². The Morgan fingerprint density at radius 1 is 1.26 bits per heavy atom. The van der Waals surface area contributed by atoms with Crippen LogP contribution in [0.4, 0.5) is 25.1 Å². The number of H-pyrrole nitrogens is 1. The predicted molar refractivity (Wildman–Crippen MR) is 96.6 cm³/mol. The number of anilines is 2. The largest absolute Gasteiger partial charge is 0.417 e. The molecule has 1 fully saturated rings. The zero-order valence-corrected chi connectivity index (χ0v) is 14.9. The van der Waals surface area contributed by atoms with E-state index in [1.54, 1.807) is 0 Å². The molecular weight excluding hydrogens is 383 g/mol. The molecule has 144 valence electrons. The van der Waals surface area contributed by atoms with Crippen molar-refractivity contribution in [1.82, 2.24) is 15.2 Å². The van der Waals surface area contributed by atoms with E-state index in [1.165, 1.54) is 18.6 Å². The van der Waals surface area contributed by atoms with Crippen molar-refractivity contribution in [1.29, 1.82) is 0 Å². The molecule has 2 aromatic rings. The Morgan fingerprint density at radius 2 is 2.00 bits per heavy atom. The molecule has 0 aliphatic carbocycles. The Balaban J connectivity index is 1.63. The van der Waals surface area contributed by atoms with Crippen LogP contribution < -0.4 is 10.2 Å². The molecule has 0 unspecified atom stereocenters. The summed E-state index contributed by atoms with van der Waals surface area (Å²) in [6.45, 7) is 1.73. The van der Waals surface area contributed by atoms with Gasteiger partial charge in [0.2, 0.25) is 11.9 Å². The first kappa shape index (κ1) is 19.2. The second kappa shape index (κ2) is 7.99. The van der Waals surface area contributed by atoms with Gasteiger partial charge < -0.3 is 4.90 Å². The number of piperidine rings is 1. The molecule has 1 aromatic carbocycles. The monoisotopic (exact) mass is 399 g/mol. The van der Waals surface area contributed by atoms with E-state index in [0.717, 1.165) is 44.1 Å². The first-order chi connectivity index (χ1) is 12.8. The number of halogens is 4. The summed E-state index contributed by atoms with van der Waals surface area (Å²) in [5.74, 6) is 0.152. The van der Waals surface area contributed by atoms with E-state index in [-0.39, 0.29) is 11.5 Å². The molecule has 1 aliphatic rings. The normalized spacial score (nSPS) is 15.3. The Bertz CT molecular complexity index is 843. The summed E-state index contributed by atoms with van der Waals surface area (Å²) in [5.41, 5.74) is -0.749. The van der Waals surface area contributed by atoms with Crippen LogP contribution in [0.3, 0.4) is 0 Å². The van der Waals surface area contributed by atoms with Gasteiger partial charge in [-0.05, 0) is 43.0 Å². The van der Waals surface area contributed by atoms with Crippen molar-refractivity contribution < 1.29 is 18.0 Å². The van der Waals surface area contributed by atoms with Crippen molar-refractivity contribution in [2.75, 3.05) is 23.3 Å². The summed E-state index contributed by atoms with van der Waals surface area (Å²) in [7, 11) is 0. The maximum atomic E-state index is 12.9. The highest BCUT2D eigenvalue weighted by Crippen LogP contribution is 2.35. The lowest BCUT2D eigenvalue weighted by Crippen LogP contribution is -2.30. The molecule has 1 aromatic heterocycles. The lowest BCUT2D eigenvalue weighted by Gasteiger charge is -2.24. The van der Waals surface area contributed by atoms with Crippen LogP contribution >= 0.6 is 11.6 Å². The minimum atomic E-state index is -4.56. The Morgan fingerprint density at radius 3 is 2.70 bits per heavy atom. The van der Waals surface area contributed by atoms with Gasteiger partial charge in [-0.2, -0.15) is 18.2 Å². The lowest BCUT2D eigenvalue weighted by atomic mass is 10.1. The number of nitrogens with one attached hydrogen (secondary N) is 2. The summed E-state index contributed by atoms with van der Waals surface area (Å²) < 4.78 is 38.6. The molecule has 1 aliphatic heterocycles. The van der Waals surface area contributed by atoms with Gasteiger partial charge in [0.25, 0.3) is 5.91 Å². The standard InChI is InChI=1S/C17H17ClF3N5O/c18-13-6-4-11(10-12(13)17(19,20)21)5-7-14(27)22-15-23-16(25-24-15)26-8-2-1-3-9-26/h4-7,10H,1-3,8-9H2,(H2,22,23,24,25,27)/b7-5+. The summed E-state index contributed by atoms with van der Waals surface area (Å²) in [4.78, 5) is 18.2. The smallest absolute Gasteiger partial charge is 0.340 e. The molecule has 0 atom stereocenters. The molecule has 2 N–H and O–H groups in total. The first-order valence-electron chi connectivity index (χ1n) is 8.36. The highest BCUT2D eigenvalue weighted by Gasteiger charge is 2.33. The number of aromatic amines is 1. The number of carbonyl (C=O) groups is 1. The Labute approximate surface area is 158 Å². The minimum Gasteiger partial charge on any atom is -0.340 e. The number of nitrogens with zero attached hydrogens (tertiary/aromatic N) is 3. The second-order valence-corrected chi connectivity index (χ2v) is 6.50. The molecule has 1 amide bonds. The van der Waals surface area contributed by atoms with E-state index in [0.29, 0.717) is 5.95 Å². The number of alkyl halides is 3. The lowest BCUT2D eigenvalue weighted by molar-refractivity contribution is -0.137. The summed E-state index contributed by atoms with van der Waals surface area (Å²) in [6.07, 6.45) is 1.14. The number of benzene rings is 1. The predicted octanol–water partition coefficient (Wildman–Crippen LogP) is 4.12. The number of aromatic nitrogens is 3. The van der Waals surface area contributed by atoms with Gasteiger partial charge in [0.05, 0.1) is 10.6 Å². The van der Waals surface area contributed by atoms with E-state index in [9.17, 15) is 18.0 Å². The maximum Gasteiger partial charge on any atom is 0.417 e. The fourth-order valence-electron chi connectivity index (χ4n) is 2.74. The third-order valence-corrected chi connectivity index (χ3v) is 4.41. The van der Waals surface area contributed by atoms with E-state index in [1.807, 2.05) is 4.90 Å². The number of hydrogen-bond donors (Lipinski definition) is 2. The van der Waals surface area contributed by atoms with E-state index >= 15 is 0 Å². The van der Waals surface area contributed by atoms with Crippen molar-refractivity contribution >= 4 is 35.5 Å². The van der Waals surface area contributed by atoms with Crippen LogP contribution in [0.2, 0.25) is 5.02 Å². The third kappa shape index (κ3) is 5.00. The van der Waals surface area contributed by atoms with Crippen LogP contribution in [0.1, 0.15) is 30.4 Å². The van der Waals surface area contributed by atoms with Gasteiger partial charge in [0.15, 0.2) is 0 Å². The number of amides is 1. The molecule has 2 heterocycles.